The molecule has 0 fully saturated rings. The Kier molecular flexibility index (Phi) is 5.26. The molecule has 4 heteroatoms. The van der Waals surface area contributed by atoms with Gasteiger partial charge < -0.3 is 15.8 Å². The lowest BCUT2D eigenvalue weighted by Gasteiger charge is -2.31. The van der Waals surface area contributed by atoms with Gasteiger partial charge in [0.1, 0.15) is 5.60 Å². The average molecular weight is 230 g/mol. The molecule has 1 amide bonds. The molecular weight excluding hydrogens is 204 g/mol. The smallest absolute Gasteiger partial charge is 0.407 e. The molecule has 0 aromatic carbocycles. The lowest BCUT2D eigenvalue weighted by molar-refractivity contribution is 0.0500. The number of amides is 1. The number of ether oxygens (including phenoxy) is 1. The van der Waals surface area contributed by atoms with E-state index >= 15 is 0 Å². The van der Waals surface area contributed by atoms with Crippen molar-refractivity contribution in [3.8, 4) is 0 Å². The minimum absolute atomic E-state index is 0.0717. The fourth-order valence-corrected chi connectivity index (χ4v) is 1.30. The number of hydrogen-bond donors (Lipinski definition) is 2. The quantitative estimate of drug-likeness (QED) is 0.778. The maximum atomic E-state index is 11.4. The summed E-state index contributed by atoms with van der Waals surface area (Å²) in [7, 11) is 0. The lowest BCUT2D eigenvalue weighted by Crippen LogP contribution is -2.46. The number of carbonyl (C=O) groups is 1. The van der Waals surface area contributed by atoms with Crippen LogP contribution >= 0.6 is 0 Å². The van der Waals surface area contributed by atoms with Gasteiger partial charge in [0.2, 0.25) is 0 Å². The largest absolute Gasteiger partial charge is 0.444 e. The van der Waals surface area contributed by atoms with Gasteiger partial charge in [0.15, 0.2) is 0 Å². The van der Waals surface area contributed by atoms with Crippen LogP contribution in [0, 0.1) is 5.41 Å². The summed E-state index contributed by atoms with van der Waals surface area (Å²) in [6.07, 6.45) is 0.507. The van der Waals surface area contributed by atoms with E-state index in [2.05, 4.69) is 5.32 Å². The molecule has 0 rings (SSSR count). The van der Waals surface area contributed by atoms with Crippen molar-refractivity contribution in [1.29, 1.82) is 0 Å². The van der Waals surface area contributed by atoms with Crippen LogP contribution in [0.1, 0.15) is 48.0 Å². The standard InChI is InChI=1S/C12H26N2O2/c1-7-9(13)12(5,6)8-14-10(15)16-11(2,3)4/h9H,7-8,13H2,1-6H3,(H,14,15). The van der Waals surface area contributed by atoms with Crippen LogP contribution < -0.4 is 11.1 Å². The molecule has 0 aliphatic heterocycles. The molecule has 0 saturated heterocycles. The average Bonchev–Trinajstić information content (AvgIpc) is 2.11. The van der Waals surface area contributed by atoms with E-state index in [0.717, 1.165) is 6.42 Å². The summed E-state index contributed by atoms with van der Waals surface area (Å²) in [4.78, 5) is 11.4. The van der Waals surface area contributed by atoms with Crippen molar-refractivity contribution in [1.82, 2.24) is 5.32 Å². The Bertz CT molecular complexity index is 232. The van der Waals surface area contributed by atoms with Crippen LogP contribution in [0.15, 0.2) is 0 Å². The van der Waals surface area contributed by atoms with Crippen molar-refractivity contribution in [2.45, 2.75) is 59.6 Å². The van der Waals surface area contributed by atoms with Crippen LogP contribution in [0.2, 0.25) is 0 Å². The van der Waals surface area contributed by atoms with Crippen LogP contribution in [-0.4, -0.2) is 24.3 Å². The Hall–Kier alpha value is -0.770. The summed E-state index contributed by atoms with van der Waals surface area (Å²) in [6.45, 7) is 12.2. The van der Waals surface area contributed by atoms with E-state index in [1.54, 1.807) is 0 Å². The van der Waals surface area contributed by atoms with E-state index in [1.165, 1.54) is 0 Å². The third-order valence-corrected chi connectivity index (χ3v) is 2.53. The van der Waals surface area contributed by atoms with Crippen molar-refractivity contribution in [3.63, 3.8) is 0 Å². The van der Waals surface area contributed by atoms with E-state index in [1.807, 2.05) is 41.5 Å². The molecule has 4 nitrogen and oxygen atoms in total. The van der Waals surface area contributed by atoms with Crippen LogP contribution in [0.4, 0.5) is 4.79 Å². The molecule has 1 atom stereocenters. The summed E-state index contributed by atoms with van der Waals surface area (Å²) < 4.78 is 5.16. The molecule has 0 saturated carbocycles. The van der Waals surface area contributed by atoms with Crippen LogP contribution in [0.25, 0.3) is 0 Å². The van der Waals surface area contributed by atoms with E-state index in [-0.39, 0.29) is 17.6 Å². The molecule has 1 unspecified atom stereocenters. The van der Waals surface area contributed by atoms with Crippen molar-refractivity contribution in [2.75, 3.05) is 6.54 Å². The SMILES string of the molecule is CCC(N)C(C)(C)CNC(=O)OC(C)(C)C. The zero-order valence-electron chi connectivity index (χ0n) is 11.4. The van der Waals surface area contributed by atoms with Crippen LogP contribution in [-0.2, 0) is 4.74 Å². The molecule has 0 aliphatic rings. The van der Waals surface area contributed by atoms with Crippen molar-refractivity contribution in [3.05, 3.63) is 0 Å². The molecule has 0 heterocycles. The molecule has 3 N–H and O–H groups in total. The second-order valence-electron chi connectivity index (χ2n) is 5.86. The van der Waals surface area contributed by atoms with Gasteiger partial charge in [-0.3, -0.25) is 0 Å². The first-order valence-electron chi connectivity index (χ1n) is 5.81. The topological polar surface area (TPSA) is 64.3 Å². The van der Waals surface area contributed by atoms with Gasteiger partial charge in [-0.25, -0.2) is 4.79 Å². The Morgan fingerprint density at radius 3 is 2.19 bits per heavy atom. The maximum absolute atomic E-state index is 11.4. The zero-order valence-corrected chi connectivity index (χ0v) is 11.4. The van der Waals surface area contributed by atoms with Gasteiger partial charge in [0, 0.05) is 12.6 Å². The first-order chi connectivity index (χ1) is 7.08. The van der Waals surface area contributed by atoms with Gasteiger partial charge in [0.05, 0.1) is 0 Å². The zero-order chi connectivity index (χ0) is 13.0. The molecule has 0 aromatic heterocycles. The second kappa shape index (κ2) is 5.53. The van der Waals surface area contributed by atoms with Gasteiger partial charge in [0.25, 0.3) is 0 Å². The maximum Gasteiger partial charge on any atom is 0.407 e. The molecule has 0 aromatic rings. The highest BCUT2D eigenvalue weighted by Crippen LogP contribution is 2.20. The Labute approximate surface area is 98.9 Å². The summed E-state index contributed by atoms with van der Waals surface area (Å²) in [5, 5.41) is 2.75. The first-order valence-corrected chi connectivity index (χ1v) is 5.81. The molecule has 0 radical (unpaired) electrons. The molecular formula is C12H26N2O2. The number of rotatable bonds is 4. The van der Waals surface area contributed by atoms with E-state index in [4.69, 9.17) is 10.5 Å². The highest BCUT2D eigenvalue weighted by Gasteiger charge is 2.26. The third kappa shape index (κ3) is 5.95. The normalized spacial score (nSPS) is 14.4. The lowest BCUT2D eigenvalue weighted by atomic mass is 9.83. The Morgan fingerprint density at radius 2 is 1.81 bits per heavy atom. The summed E-state index contributed by atoms with van der Waals surface area (Å²) in [5.74, 6) is 0. The summed E-state index contributed by atoms with van der Waals surface area (Å²) in [5.41, 5.74) is 5.40. The molecule has 16 heavy (non-hydrogen) atoms. The summed E-state index contributed by atoms with van der Waals surface area (Å²) in [6, 6.07) is 0.0717. The number of alkyl carbamates (subject to hydrolysis) is 1. The molecule has 0 spiro atoms. The first kappa shape index (κ1) is 15.2. The van der Waals surface area contributed by atoms with Gasteiger partial charge >= 0.3 is 6.09 Å². The Balaban J connectivity index is 4.10. The van der Waals surface area contributed by atoms with Gasteiger partial charge in [-0.05, 0) is 32.6 Å². The number of hydrogen-bond acceptors (Lipinski definition) is 3. The number of nitrogens with two attached hydrogens (primary N) is 1. The minimum Gasteiger partial charge on any atom is -0.444 e. The minimum atomic E-state index is -0.457. The monoisotopic (exact) mass is 230 g/mol. The van der Waals surface area contributed by atoms with Crippen LogP contribution in [0.5, 0.6) is 0 Å². The van der Waals surface area contributed by atoms with Crippen molar-refractivity contribution < 1.29 is 9.53 Å². The highest BCUT2D eigenvalue weighted by atomic mass is 16.6. The fourth-order valence-electron chi connectivity index (χ4n) is 1.30. The molecule has 0 aliphatic carbocycles. The van der Waals surface area contributed by atoms with Gasteiger partial charge in [-0.2, -0.15) is 0 Å². The highest BCUT2D eigenvalue weighted by molar-refractivity contribution is 5.67. The summed E-state index contributed by atoms with van der Waals surface area (Å²) >= 11 is 0. The second-order valence-corrected chi connectivity index (χ2v) is 5.86. The molecule has 96 valence electrons. The van der Waals surface area contributed by atoms with Crippen molar-refractivity contribution in [2.24, 2.45) is 11.1 Å². The molecule has 0 bridgehead atoms. The van der Waals surface area contributed by atoms with Crippen molar-refractivity contribution >= 4 is 6.09 Å². The number of carbonyl (C=O) groups excluding carboxylic acids is 1. The predicted molar refractivity (Wildman–Crippen MR) is 66.3 cm³/mol. The fraction of sp³-hybridized carbons (Fsp3) is 0.917. The van der Waals surface area contributed by atoms with Crippen LogP contribution in [0.3, 0.4) is 0 Å². The van der Waals surface area contributed by atoms with Gasteiger partial charge in [-0.15, -0.1) is 0 Å². The van der Waals surface area contributed by atoms with Gasteiger partial charge in [-0.1, -0.05) is 20.8 Å². The number of nitrogens with one attached hydrogen (secondary N) is 1. The Morgan fingerprint density at radius 1 is 1.31 bits per heavy atom. The van der Waals surface area contributed by atoms with E-state index < -0.39 is 5.60 Å². The van der Waals surface area contributed by atoms with E-state index in [0.29, 0.717) is 6.54 Å². The predicted octanol–water partition coefficient (Wildman–Crippen LogP) is 2.27. The van der Waals surface area contributed by atoms with E-state index in [9.17, 15) is 4.79 Å². The third-order valence-electron chi connectivity index (χ3n) is 2.53.